The molecule has 1 unspecified atom stereocenters. The number of unbranched alkanes of at least 4 members (excludes halogenated alkanes) is 3. The first-order valence-corrected chi connectivity index (χ1v) is 31.4. The Balaban J connectivity index is 0.000000229. The Hall–Kier alpha value is -5.68. The number of nitrogens with one attached hydrogen (secondary N) is 4. The van der Waals surface area contributed by atoms with Crippen LogP contribution in [0.2, 0.25) is 10.0 Å². The topological polar surface area (TPSA) is 129 Å². The van der Waals surface area contributed by atoms with Gasteiger partial charge in [0.2, 0.25) is 20.0 Å². The van der Waals surface area contributed by atoms with Gasteiger partial charge < -0.3 is 30.2 Å². The largest absolute Gasteiger partial charge is 0.385 e. The molecule has 422 valence electrons. The van der Waals surface area contributed by atoms with Crippen molar-refractivity contribution >= 4 is 109 Å². The van der Waals surface area contributed by atoms with E-state index in [1.807, 2.05) is 129 Å². The summed E-state index contributed by atoms with van der Waals surface area (Å²) in [4.78, 5) is 9.26. The van der Waals surface area contributed by atoms with Gasteiger partial charge in [0.15, 0.2) is 0 Å². The zero-order chi connectivity index (χ0) is 56.5. The van der Waals surface area contributed by atoms with Crippen molar-refractivity contribution in [3.63, 3.8) is 0 Å². The number of benzene rings is 8. The summed E-state index contributed by atoms with van der Waals surface area (Å²) in [5, 5.41) is 16.7. The fourth-order valence-electron chi connectivity index (χ4n) is 10.3. The van der Waals surface area contributed by atoms with E-state index in [1.54, 1.807) is 12.1 Å². The van der Waals surface area contributed by atoms with E-state index in [0.29, 0.717) is 42.0 Å². The monoisotopic (exact) mass is 1150 g/mol. The van der Waals surface area contributed by atoms with Crippen molar-refractivity contribution in [3.8, 4) is 0 Å². The lowest BCUT2D eigenvalue weighted by Crippen LogP contribution is -2.35. The van der Waals surface area contributed by atoms with Crippen LogP contribution in [-0.2, 0) is 20.0 Å². The minimum Gasteiger partial charge on any atom is -0.385 e. The van der Waals surface area contributed by atoms with Crippen molar-refractivity contribution < 1.29 is 16.8 Å². The smallest absolute Gasteiger partial charge is 0.241 e. The van der Waals surface area contributed by atoms with Crippen LogP contribution in [-0.4, -0.2) is 120 Å². The first kappa shape index (κ1) is 61.0. The zero-order valence-electron chi connectivity index (χ0n) is 47.0. The van der Waals surface area contributed by atoms with Crippen LogP contribution in [0.15, 0.2) is 155 Å². The highest BCUT2D eigenvalue weighted by Crippen LogP contribution is 2.33. The Bertz CT molecular complexity index is 3510. The second kappa shape index (κ2) is 29.2. The lowest BCUT2D eigenvalue weighted by molar-refractivity contribution is 0.285. The maximum atomic E-state index is 13.2. The van der Waals surface area contributed by atoms with E-state index in [1.165, 1.54) is 10.8 Å². The van der Waals surface area contributed by atoms with Gasteiger partial charge in [0.05, 0.1) is 9.79 Å². The maximum absolute atomic E-state index is 13.2. The highest BCUT2D eigenvalue weighted by Gasteiger charge is 2.21. The van der Waals surface area contributed by atoms with E-state index in [-0.39, 0.29) is 0 Å². The summed E-state index contributed by atoms with van der Waals surface area (Å²) in [6.45, 7) is 13.1. The molecule has 0 spiro atoms. The molecule has 1 atom stereocenters. The molecule has 16 heteroatoms. The molecule has 0 aliphatic heterocycles. The number of sulfonamides is 2. The Kier molecular flexibility index (Phi) is 22.5. The number of rotatable bonds is 28. The van der Waals surface area contributed by atoms with Crippen LogP contribution in [0.3, 0.4) is 0 Å². The number of hydrogen-bond acceptors (Lipinski definition) is 10. The van der Waals surface area contributed by atoms with Crippen LogP contribution >= 0.6 is 23.2 Å². The van der Waals surface area contributed by atoms with Gasteiger partial charge in [-0.1, -0.05) is 135 Å². The second-order valence-corrected chi connectivity index (χ2v) is 24.9. The van der Waals surface area contributed by atoms with Crippen LogP contribution in [0.5, 0.6) is 0 Å². The van der Waals surface area contributed by atoms with Gasteiger partial charge in [-0.2, -0.15) is 0 Å². The third-order valence-corrected chi connectivity index (χ3v) is 18.0. The van der Waals surface area contributed by atoms with E-state index in [2.05, 4.69) is 93.1 Å². The number of hydrogen-bond donors (Lipinski definition) is 4. The summed E-state index contributed by atoms with van der Waals surface area (Å²) >= 11 is 12.3. The lowest BCUT2D eigenvalue weighted by Gasteiger charge is -2.22. The zero-order valence-corrected chi connectivity index (χ0v) is 50.2. The predicted molar refractivity (Wildman–Crippen MR) is 338 cm³/mol. The van der Waals surface area contributed by atoms with Gasteiger partial charge in [0.25, 0.3) is 0 Å². The summed E-state index contributed by atoms with van der Waals surface area (Å²) in [6, 6.07) is 47.3. The number of anilines is 4. The Labute approximate surface area is 480 Å². The minimum atomic E-state index is -3.64. The summed E-state index contributed by atoms with van der Waals surface area (Å²) in [5.41, 5.74) is 4.26. The van der Waals surface area contributed by atoms with Crippen LogP contribution < -0.4 is 29.9 Å². The number of fused-ring (bicyclic) bond motifs is 4. The van der Waals surface area contributed by atoms with Gasteiger partial charge in [-0.25, -0.2) is 26.3 Å². The van der Waals surface area contributed by atoms with Gasteiger partial charge in [0, 0.05) is 132 Å². The molecule has 0 heterocycles. The van der Waals surface area contributed by atoms with Crippen molar-refractivity contribution in [1.29, 1.82) is 0 Å². The lowest BCUT2D eigenvalue weighted by atomic mass is 10.1. The number of nitrogens with zero attached hydrogens (tertiary/aromatic N) is 4. The molecule has 4 N–H and O–H groups in total. The molecule has 8 aromatic carbocycles. The summed E-state index contributed by atoms with van der Waals surface area (Å²) in [5.74, 6) is 0. The molecule has 0 fully saturated rings. The molecule has 8 aromatic rings. The van der Waals surface area contributed by atoms with Gasteiger partial charge in [-0.3, -0.25) is 0 Å². The predicted octanol–water partition coefficient (Wildman–Crippen LogP) is 13.6. The molecule has 0 saturated heterocycles. The quantitative estimate of drug-likeness (QED) is 0.0352. The molecule has 0 aliphatic carbocycles. The fourth-order valence-corrected chi connectivity index (χ4v) is 13.1. The van der Waals surface area contributed by atoms with Crippen molar-refractivity contribution in [2.24, 2.45) is 0 Å². The van der Waals surface area contributed by atoms with Crippen molar-refractivity contribution in [2.45, 2.75) is 75.1 Å². The average Bonchev–Trinajstić information content (AvgIpc) is 3.51. The van der Waals surface area contributed by atoms with Crippen LogP contribution in [0.1, 0.15) is 59.3 Å². The van der Waals surface area contributed by atoms with Gasteiger partial charge in [0.1, 0.15) is 0 Å². The molecule has 0 saturated carbocycles. The third kappa shape index (κ3) is 16.7. The van der Waals surface area contributed by atoms with Gasteiger partial charge >= 0.3 is 0 Å². The van der Waals surface area contributed by atoms with E-state index < -0.39 is 20.0 Å². The molecular formula is C63H80Cl2N8O4S2. The third-order valence-electron chi connectivity index (χ3n) is 14.5. The minimum absolute atomic E-state index is 0.307. The molecule has 0 amide bonds. The number of halogens is 2. The van der Waals surface area contributed by atoms with Crippen LogP contribution in [0.25, 0.3) is 43.1 Å². The molecule has 12 nitrogen and oxygen atoms in total. The molecule has 0 aliphatic rings. The molecule has 0 radical (unpaired) electrons. The average molecular weight is 1150 g/mol. The van der Waals surface area contributed by atoms with E-state index in [9.17, 15) is 16.8 Å². The summed E-state index contributed by atoms with van der Waals surface area (Å²) in [6.07, 6.45) is 6.54. The molecular weight excluding hydrogens is 1070 g/mol. The standard InChI is InChI=1S/C32H41ClN4O2S.C31H39ClN4O2S/c1-4-37(22-8-6-5-7-20-34-30-15-9-12-25-24-26(33)18-19-27(25)30)23-21-35-40(38,39)32-17-11-13-28-29(32)14-10-16-31(28)36(2)3;1-5-36(20-9-10-23(2)34-29-14-6-11-24-22-25(32)17-18-26(24)29)21-19-33-39(37,38)31-16-8-12-27-28(31)13-7-15-30(27)35(3)4/h9-19,24,34-35H,4-8,20-23H2,1-3H3;6-8,11-18,22-23,33-34H,5,9-10,19-21H2,1-4H3. The normalized spacial score (nSPS) is 12.3. The van der Waals surface area contributed by atoms with Crippen molar-refractivity contribution in [1.82, 2.24) is 19.2 Å². The van der Waals surface area contributed by atoms with Gasteiger partial charge in [-0.15, -0.1) is 0 Å². The van der Waals surface area contributed by atoms with Gasteiger partial charge in [-0.05, 0) is 130 Å². The number of likely N-dealkylation sites (N-methyl/N-ethyl adjacent to an activating group) is 2. The summed E-state index contributed by atoms with van der Waals surface area (Å²) in [7, 11) is 0.605. The Morgan fingerprint density at radius 3 is 1.41 bits per heavy atom. The Morgan fingerprint density at radius 1 is 0.456 bits per heavy atom. The van der Waals surface area contributed by atoms with Crippen LogP contribution in [0, 0.1) is 0 Å². The maximum Gasteiger partial charge on any atom is 0.241 e. The molecule has 79 heavy (non-hydrogen) atoms. The second-order valence-electron chi connectivity index (χ2n) is 20.6. The Morgan fingerprint density at radius 2 is 0.899 bits per heavy atom. The first-order valence-electron chi connectivity index (χ1n) is 27.7. The SMILES string of the molecule is CCN(CCCC(C)Nc1cccc2cc(Cl)ccc12)CCNS(=O)(=O)c1cccc2c(N(C)C)cccc12.CCN(CCCCCCNc1cccc2cc(Cl)ccc12)CCNS(=O)(=O)c1cccc2c(N(C)C)cccc12. The highest BCUT2D eigenvalue weighted by atomic mass is 35.5. The van der Waals surface area contributed by atoms with Crippen molar-refractivity contribution in [2.75, 3.05) is 108 Å². The highest BCUT2D eigenvalue weighted by molar-refractivity contribution is 7.90. The first-order chi connectivity index (χ1) is 38.0. The van der Waals surface area contributed by atoms with E-state index in [4.69, 9.17) is 23.2 Å². The summed E-state index contributed by atoms with van der Waals surface area (Å²) < 4.78 is 58.5. The van der Waals surface area contributed by atoms with E-state index in [0.717, 1.165) is 136 Å². The molecule has 0 bridgehead atoms. The molecule has 0 aromatic heterocycles. The fraction of sp³-hybridized carbons (Fsp3) is 0.365. The molecule has 8 rings (SSSR count). The van der Waals surface area contributed by atoms with Crippen LogP contribution in [0.4, 0.5) is 22.7 Å². The van der Waals surface area contributed by atoms with Crippen molar-refractivity contribution in [3.05, 3.63) is 156 Å². The van der Waals surface area contributed by atoms with E-state index >= 15 is 0 Å².